The molecule has 0 bridgehead atoms. The molecule has 0 amide bonds. The summed E-state index contributed by atoms with van der Waals surface area (Å²) >= 11 is 6.13. The second-order valence-corrected chi connectivity index (χ2v) is 7.64. The first-order chi connectivity index (χ1) is 14.6. The number of nitro benzene ring substituents is 1. The number of rotatable bonds is 3. The van der Waals surface area contributed by atoms with E-state index >= 15 is 0 Å². The number of benzene rings is 2. The highest BCUT2D eigenvalue weighted by Crippen LogP contribution is 2.36. The summed E-state index contributed by atoms with van der Waals surface area (Å²) in [4.78, 5) is 36.6. The number of aromatic nitrogens is 3. The molecule has 0 radical (unpaired) electrons. The van der Waals surface area contributed by atoms with Gasteiger partial charge in [-0.25, -0.2) is 4.79 Å². The van der Waals surface area contributed by atoms with E-state index in [1.54, 1.807) is 19.1 Å². The molecule has 0 aliphatic heterocycles. The first kappa shape index (κ1) is 20.4. The highest BCUT2D eigenvalue weighted by Gasteiger charge is 2.23. The van der Waals surface area contributed by atoms with E-state index in [-0.39, 0.29) is 22.5 Å². The monoisotopic (exact) mass is 440 g/mol. The third kappa shape index (κ3) is 3.10. The minimum absolute atomic E-state index is 0.115. The van der Waals surface area contributed by atoms with Crippen LogP contribution in [0, 0.1) is 17.0 Å². The molecule has 1 N–H and O–H groups in total. The first-order valence-corrected chi connectivity index (χ1v) is 9.55. The average Bonchev–Trinajstić information content (AvgIpc) is 3.13. The van der Waals surface area contributed by atoms with Crippen LogP contribution >= 0.6 is 11.6 Å². The van der Waals surface area contributed by atoms with Gasteiger partial charge < -0.3 is 9.67 Å². The highest BCUT2D eigenvalue weighted by atomic mass is 35.5. The van der Waals surface area contributed by atoms with Crippen molar-refractivity contribution in [3.8, 4) is 22.7 Å². The smallest absolute Gasteiger partial charge is 0.330 e. The van der Waals surface area contributed by atoms with Gasteiger partial charge in [-0.3, -0.25) is 24.0 Å². The molecule has 10 heteroatoms. The number of fused-ring (bicyclic) bond motifs is 1. The van der Waals surface area contributed by atoms with E-state index in [1.165, 1.54) is 53.7 Å². The number of hydrogen-bond donors (Lipinski definition) is 1. The summed E-state index contributed by atoms with van der Waals surface area (Å²) < 4.78 is 3.79. The Balaban J connectivity index is 2.24. The fourth-order valence-electron chi connectivity index (χ4n) is 3.66. The summed E-state index contributed by atoms with van der Waals surface area (Å²) in [7, 11) is 2.88. The summed E-state index contributed by atoms with van der Waals surface area (Å²) in [5.74, 6) is -0.116. The first-order valence-electron chi connectivity index (χ1n) is 9.17. The largest absolute Gasteiger partial charge is 0.506 e. The Kier molecular flexibility index (Phi) is 4.70. The van der Waals surface area contributed by atoms with Crippen molar-refractivity contribution in [2.75, 3.05) is 0 Å². The van der Waals surface area contributed by atoms with Crippen molar-refractivity contribution in [1.29, 1.82) is 0 Å². The van der Waals surface area contributed by atoms with E-state index in [0.29, 0.717) is 27.4 Å². The van der Waals surface area contributed by atoms with Gasteiger partial charge in [0, 0.05) is 42.5 Å². The predicted molar refractivity (Wildman–Crippen MR) is 117 cm³/mol. The van der Waals surface area contributed by atoms with E-state index in [0.717, 1.165) is 4.57 Å². The average molecular weight is 441 g/mol. The fraction of sp³-hybridized carbons (Fsp3) is 0.143. The lowest BCUT2D eigenvalue weighted by atomic mass is 10.1. The van der Waals surface area contributed by atoms with Gasteiger partial charge in [0.1, 0.15) is 5.75 Å². The van der Waals surface area contributed by atoms with Gasteiger partial charge in [0.05, 0.1) is 27.2 Å². The maximum absolute atomic E-state index is 13.1. The van der Waals surface area contributed by atoms with Gasteiger partial charge in [-0.05, 0) is 25.1 Å². The molecule has 31 heavy (non-hydrogen) atoms. The van der Waals surface area contributed by atoms with E-state index in [9.17, 15) is 24.8 Å². The Labute approximate surface area is 180 Å². The van der Waals surface area contributed by atoms with Gasteiger partial charge in [0.25, 0.3) is 11.2 Å². The van der Waals surface area contributed by atoms with Crippen LogP contribution in [0.15, 0.2) is 52.2 Å². The molecule has 0 aliphatic carbocycles. The van der Waals surface area contributed by atoms with Gasteiger partial charge in [-0.2, -0.15) is 0 Å². The SMILES string of the molecule is Cc1ccc(-c2c3c(=O)n(C)c(=O)n(C)c3cn2-c2cc(Cl)ccc2O)cc1[N+](=O)[O-]. The maximum atomic E-state index is 13.1. The normalized spacial score (nSPS) is 11.2. The molecule has 0 saturated carbocycles. The summed E-state index contributed by atoms with van der Waals surface area (Å²) in [5.41, 5.74) is 0.511. The standard InChI is InChI=1S/C21H17ClN4O5/c1-11-4-5-12(8-14(11)26(30)31)19-18-16(23(2)21(29)24(3)20(18)28)10-25(19)15-9-13(22)6-7-17(15)27/h4-10,27H,1-3H3. The zero-order valence-corrected chi connectivity index (χ0v) is 17.5. The van der Waals surface area contributed by atoms with Gasteiger partial charge in [-0.15, -0.1) is 0 Å². The van der Waals surface area contributed by atoms with Crippen LogP contribution < -0.4 is 11.2 Å². The molecule has 0 atom stereocenters. The topological polar surface area (TPSA) is 112 Å². The molecule has 2 aromatic heterocycles. The van der Waals surface area contributed by atoms with Crippen molar-refractivity contribution in [1.82, 2.24) is 13.7 Å². The summed E-state index contributed by atoms with van der Waals surface area (Å²) in [5, 5.41) is 22.5. The number of nitrogens with zero attached hydrogens (tertiary/aromatic N) is 4. The van der Waals surface area contributed by atoms with Gasteiger partial charge in [-0.1, -0.05) is 23.7 Å². The third-order valence-corrected chi connectivity index (χ3v) is 5.55. The Morgan fingerprint density at radius 2 is 1.77 bits per heavy atom. The molecule has 0 aliphatic rings. The Morgan fingerprint density at radius 1 is 1.06 bits per heavy atom. The Bertz CT molecular complexity index is 1510. The molecule has 0 spiro atoms. The van der Waals surface area contributed by atoms with E-state index in [1.807, 2.05) is 0 Å². The molecule has 0 fully saturated rings. The zero-order valence-electron chi connectivity index (χ0n) is 16.8. The lowest BCUT2D eigenvalue weighted by molar-refractivity contribution is -0.385. The van der Waals surface area contributed by atoms with Crippen molar-refractivity contribution < 1.29 is 10.0 Å². The van der Waals surface area contributed by atoms with Crippen LogP contribution in [0.2, 0.25) is 5.02 Å². The lowest BCUT2D eigenvalue weighted by Crippen LogP contribution is -2.36. The Morgan fingerprint density at radius 3 is 2.45 bits per heavy atom. The number of aryl methyl sites for hydroxylation is 2. The molecular formula is C21H17ClN4O5. The van der Waals surface area contributed by atoms with Crippen LogP contribution in [0.25, 0.3) is 27.8 Å². The molecule has 158 valence electrons. The van der Waals surface area contributed by atoms with Crippen molar-refractivity contribution in [2.45, 2.75) is 6.92 Å². The fourth-order valence-corrected chi connectivity index (χ4v) is 3.82. The molecule has 4 rings (SSSR count). The second kappa shape index (κ2) is 7.13. The Hall–Kier alpha value is -3.85. The quantitative estimate of drug-likeness (QED) is 0.388. The number of halogens is 1. The number of phenols is 1. The van der Waals surface area contributed by atoms with Crippen LogP contribution in [0.4, 0.5) is 5.69 Å². The zero-order chi connectivity index (χ0) is 22.6. The number of phenolic OH excluding ortho intramolecular Hbond substituents is 1. The minimum atomic E-state index is -0.559. The van der Waals surface area contributed by atoms with Crippen molar-refractivity contribution in [3.05, 3.63) is 84.1 Å². The molecule has 0 unspecified atom stereocenters. The summed E-state index contributed by atoms with van der Waals surface area (Å²) in [6, 6.07) is 9.02. The minimum Gasteiger partial charge on any atom is -0.506 e. The van der Waals surface area contributed by atoms with E-state index in [2.05, 4.69) is 0 Å². The highest BCUT2D eigenvalue weighted by molar-refractivity contribution is 6.30. The number of hydrogen-bond acceptors (Lipinski definition) is 5. The van der Waals surface area contributed by atoms with Crippen LogP contribution in [-0.2, 0) is 14.1 Å². The van der Waals surface area contributed by atoms with Gasteiger partial charge >= 0.3 is 5.69 Å². The maximum Gasteiger partial charge on any atom is 0.330 e. The van der Waals surface area contributed by atoms with Crippen LogP contribution in [0.1, 0.15) is 5.56 Å². The lowest BCUT2D eigenvalue weighted by Gasteiger charge is -2.12. The van der Waals surface area contributed by atoms with Crippen LogP contribution in [0.5, 0.6) is 5.75 Å². The van der Waals surface area contributed by atoms with Crippen LogP contribution in [0.3, 0.4) is 0 Å². The molecule has 2 heterocycles. The molecule has 4 aromatic rings. The van der Waals surface area contributed by atoms with Gasteiger partial charge in [0.2, 0.25) is 0 Å². The predicted octanol–water partition coefficient (Wildman–Crippen LogP) is 3.27. The molecule has 2 aromatic carbocycles. The van der Waals surface area contributed by atoms with Crippen molar-refractivity contribution in [2.24, 2.45) is 14.1 Å². The van der Waals surface area contributed by atoms with E-state index < -0.39 is 16.2 Å². The van der Waals surface area contributed by atoms with E-state index in [4.69, 9.17) is 11.6 Å². The molecule has 9 nitrogen and oxygen atoms in total. The van der Waals surface area contributed by atoms with Gasteiger partial charge in [0.15, 0.2) is 0 Å². The van der Waals surface area contributed by atoms with Crippen molar-refractivity contribution >= 4 is 28.2 Å². The molecule has 0 saturated heterocycles. The number of nitro groups is 1. The summed E-state index contributed by atoms with van der Waals surface area (Å²) in [6.45, 7) is 1.62. The number of aromatic hydroxyl groups is 1. The second-order valence-electron chi connectivity index (χ2n) is 7.21. The van der Waals surface area contributed by atoms with Crippen molar-refractivity contribution in [3.63, 3.8) is 0 Å². The van der Waals surface area contributed by atoms with Crippen LogP contribution in [-0.4, -0.2) is 23.7 Å². The third-order valence-electron chi connectivity index (χ3n) is 5.32. The summed E-state index contributed by atoms with van der Waals surface area (Å²) in [6.07, 6.45) is 1.53. The molecular weight excluding hydrogens is 424 g/mol.